The zero-order valence-electron chi connectivity index (χ0n) is 20.4. The highest BCUT2D eigenvalue weighted by molar-refractivity contribution is 5.87. The van der Waals surface area contributed by atoms with Gasteiger partial charge in [0.25, 0.3) is 0 Å². The monoisotopic (exact) mass is 464 g/mol. The molecule has 34 heavy (non-hydrogen) atoms. The molecule has 3 rings (SSSR count). The zero-order chi connectivity index (χ0) is 25.1. The molecule has 0 aliphatic heterocycles. The molecule has 1 aliphatic carbocycles. The number of benzene rings is 2. The van der Waals surface area contributed by atoms with Gasteiger partial charge in [-0.1, -0.05) is 45.6 Å². The van der Waals surface area contributed by atoms with Crippen LogP contribution in [-0.2, 0) is 20.4 Å². The Labute approximate surface area is 200 Å². The Morgan fingerprint density at radius 3 is 2.29 bits per heavy atom. The Morgan fingerprint density at radius 2 is 1.68 bits per heavy atom. The molecule has 0 heterocycles. The smallest absolute Gasteiger partial charge is 0.335 e. The van der Waals surface area contributed by atoms with Gasteiger partial charge in [0.2, 0.25) is 0 Å². The molecule has 0 spiro atoms. The van der Waals surface area contributed by atoms with Gasteiger partial charge in [0.05, 0.1) is 5.56 Å². The molecule has 2 N–H and O–H groups in total. The van der Waals surface area contributed by atoms with Crippen LogP contribution in [-0.4, -0.2) is 35.4 Å². The van der Waals surface area contributed by atoms with Crippen molar-refractivity contribution in [1.29, 1.82) is 0 Å². The van der Waals surface area contributed by atoms with Crippen LogP contribution in [0.2, 0.25) is 0 Å². The molecule has 0 bridgehead atoms. The lowest BCUT2D eigenvalue weighted by Crippen LogP contribution is -2.34. The van der Waals surface area contributed by atoms with E-state index < -0.39 is 12.1 Å². The second-order valence-corrected chi connectivity index (χ2v) is 9.95. The number of hydrogen-bond acceptors (Lipinski definition) is 5. The molecule has 6 nitrogen and oxygen atoms in total. The quantitative estimate of drug-likeness (QED) is 0.364. The number of hydrogen-bond donors (Lipinski definition) is 2. The van der Waals surface area contributed by atoms with E-state index in [1.165, 1.54) is 19.1 Å². The highest BCUT2D eigenvalue weighted by Gasteiger charge is 2.40. The number of carbonyl (C=O) groups is 2. The number of rotatable bonds is 6. The van der Waals surface area contributed by atoms with Crippen LogP contribution >= 0.6 is 0 Å². The Morgan fingerprint density at radius 1 is 1.03 bits per heavy atom. The lowest BCUT2D eigenvalue weighted by atomic mass is 9.62. The van der Waals surface area contributed by atoms with Crippen LogP contribution in [0.3, 0.4) is 0 Å². The summed E-state index contributed by atoms with van der Waals surface area (Å²) in [5.41, 5.74) is 3.44. The second kappa shape index (κ2) is 9.90. The highest BCUT2D eigenvalue weighted by atomic mass is 16.6. The Balaban J connectivity index is 1.96. The van der Waals surface area contributed by atoms with E-state index in [1.807, 2.05) is 12.1 Å². The predicted octanol–water partition coefficient (Wildman–Crippen LogP) is 4.76. The number of fused-ring (bicyclic) bond motifs is 1. The molecule has 0 saturated carbocycles. The number of esters is 1. The van der Waals surface area contributed by atoms with Crippen molar-refractivity contribution in [3.63, 3.8) is 0 Å². The van der Waals surface area contributed by atoms with Gasteiger partial charge in [-0.05, 0) is 65.1 Å². The summed E-state index contributed by atoms with van der Waals surface area (Å²) in [6.45, 7) is 10.5. The minimum absolute atomic E-state index is 0.103. The van der Waals surface area contributed by atoms with Crippen LogP contribution < -0.4 is 4.74 Å². The highest BCUT2D eigenvalue weighted by Crippen LogP contribution is 2.50. The van der Waals surface area contributed by atoms with Crippen molar-refractivity contribution >= 4 is 11.9 Å². The fourth-order valence-corrected chi connectivity index (χ4v) is 4.29. The maximum atomic E-state index is 11.1. The van der Waals surface area contributed by atoms with Crippen molar-refractivity contribution in [3.05, 3.63) is 64.2 Å². The van der Waals surface area contributed by atoms with Gasteiger partial charge in [-0.15, -0.1) is 0 Å². The van der Waals surface area contributed by atoms with Gasteiger partial charge < -0.3 is 19.7 Å². The third-order valence-electron chi connectivity index (χ3n) is 6.35. The average Bonchev–Trinajstić information content (AvgIpc) is 2.78. The molecule has 2 aromatic carbocycles. The number of aliphatic hydroxyl groups is 1. The fourth-order valence-electron chi connectivity index (χ4n) is 4.29. The van der Waals surface area contributed by atoms with Crippen LogP contribution in [0.4, 0.5) is 0 Å². The summed E-state index contributed by atoms with van der Waals surface area (Å²) >= 11 is 0. The molecule has 1 aliphatic rings. The third kappa shape index (κ3) is 5.78. The maximum Gasteiger partial charge on any atom is 0.335 e. The van der Waals surface area contributed by atoms with Crippen molar-refractivity contribution in [3.8, 4) is 17.6 Å². The van der Waals surface area contributed by atoms with E-state index in [1.54, 1.807) is 12.1 Å². The van der Waals surface area contributed by atoms with Crippen molar-refractivity contribution in [2.24, 2.45) is 0 Å². The molecule has 2 aromatic rings. The van der Waals surface area contributed by atoms with Gasteiger partial charge in [-0.3, -0.25) is 4.79 Å². The maximum absolute atomic E-state index is 11.1. The summed E-state index contributed by atoms with van der Waals surface area (Å²) < 4.78 is 11.1. The lowest BCUT2D eigenvalue weighted by Gasteiger charge is -2.43. The molecule has 1 unspecified atom stereocenters. The molecule has 0 amide bonds. The van der Waals surface area contributed by atoms with Crippen LogP contribution in [0.25, 0.3) is 0 Å². The van der Waals surface area contributed by atoms with Gasteiger partial charge in [0.15, 0.2) is 0 Å². The lowest BCUT2D eigenvalue weighted by molar-refractivity contribution is -0.141. The molecule has 0 aromatic heterocycles. The van der Waals surface area contributed by atoms with Crippen LogP contribution in [0.15, 0.2) is 36.4 Å². The summed E-state index contributed by atoms with van der Waals surface area (Å²) in [4.78, 5) is 22.1. The van der Waals surface area contributed by atoms with Crippen molar-refractivity contribution in [2.75, 3.05) is 13.2 Å². The topological polar surface area (TPSA) is 93.1 Å². The molecular weight excluding hydrogens is 432 g/mol. The van der Waals surface area contributed by atoms with Crippen LogP contribution in [0.5, 0.6) is 5.75 Å². The SMILES string of the molecule is CC(=O)OCCOc1cc(C(O)C#Cc2ccc(C(=O)O)cc2)cc2c1C(C)(C)CCC2(C)C. The molecular formula is C28H32O6. The first kappa shape index (κ1) is 25.3. The summed E-state index contributed by atoms with van der Waals surface area (Å²) in [6.07, 6.45) is 0.948. The van der Waals surface area contributed by atoms with Crippen molar-refractivity contribution in [2.45, 2.75) is 64.4 Å². The molecule has 0 saturated heterocycles. The first-order valence-electron chi connectivity index (χ1n) is 11.4. The van der Waals surface area contributed by atoms with E-state index in [0.29, 0.717) is 16.9 Å². The van der Waals surface area contributed by atoms with E-state index in [2.05, 4.69) is 39.5 Å². The van der Waals surface area contributed by atoms with Gasteiger partial charge in [-0.25, -0.2) is 4.79 Å². The second-order valence-electron chi connectivity index (χ2n) is 9.95. The Kier molecular flexibility index (Phi) is 7.38. The van der Waals surface area contributed by atoms with Gasteiger partial charge in [0.1, 0.15) is 25.1 Å². The summed E-state index contributed by atoms with van der Waals surface area (Å²) in [5, 5.41) is 19.9. The Hall–Kier alpha value is -3.30. The standard InChI is InChI=1S/C28H32O6/c1-18(29)33-14-15-34-24-17-21(16-22-25(24)28(4,5)13-12-27(22,2)3)23(30)11-8-19-6-9-20(10-7-19)26(31)32/h6-7,9-10,16-17,23,30H,12-15H2,1-5H3,(H,31,32). The first-order valence-corrected chi connectivity index (χ1v) is 11.4. The van der Waals surface area contributed by atoms with Gasteiger partial charge in [-0.2, -0.15) is 0 Å². The number of ether oxygens (including phenoxy) is 2. The predicted molar refractivity (Wildman–Crippen MR) is 129 cm³/mol. The normalized spacial score (nSPS) is 16.4. The minimum atomic E-state index is -1.05. The Bertz CT molecular complexity index is 1130. The number of aromatic carboxylic acids is 1. The number of carboxylic acid groups (broad SMARTS) is 1. The minimum Gasteiger partial charge on any atom is -0.490 e. The fraction of sp³-hybridized carbons (Fsp3) is 0.429. The van der Waals surface area contributed by atoms with E-state index in [-0.39, 0.29) is 35.6 Å². The van der Waals surface area contributed by atoms with Gasteiger partial charge in [0, 0.05) is 18.1 Å². The van der Waals surface area contributed by atoms with Crippen molar-refractivity contribution in [1.82, 2.24) is 0 Å². The number of carboxylic acids is 1. The van der Waals surface area contributed by atoms with E-state index in [0.717, 1.165) is 24.0 Å². The summed E-state index contributed by atoms with van der Waals surface area (Å²) in [5.74, 6) is 5.09. The number of carbonyl (C=O) groups excluding carboxylic acids is 1. The molecule has 6 heteroatoms. The average molecular weight is 465 g/mol. The van der Waals surface area contributed by atoms with E-state index in [9.17, 15) is 14.7 Å². The van der Waals surface area contributed by atoms with E-state index in [4.69, 9.17) is 14.6 Å². The summed E-state index contributed by atoms with van der Waals surface area (Å²) in [6, 6.07) is 10.0. The molecule has 1 atom stereocenters. The summed E-state index contributed by atoms with van der Waals surface area (Å²) in [7, 11) is 0. The first-order chi connectivity index (χ1) is 15.9. The van der Waals surface area contributed by atoms with Crippen molar-refractivity contribution < 1.29 is 29.3 Å². The molecule has 0 fully saturated rings. The van der Waals surface area contributed by atoms with Crippen LogP contribution in [0.1, 0.15) is 86.2 Å². The third-order valence-corrected chi connectivity index (χ3v) is 6.35. The number of aliphatic hydroxyl groups excluding tert-OH is 1. The zero-order valence-corrected chi connectivity index (χ0v) is 20.4. The largest absolute Gasteiger partial charge is 0.490 e. The molecule has 180 valence electrons. The van der Waals surface area contributed by atoms with Crippen LogP contribution in [0, 0.1) is 11.8 Å². The van der Waals surface area contributed by atoms with Gasteiger partial charge >= 0.3 is 11.9 Å². The molecule has 0 radical (unpaired) electrons. The van der Waals surface area contributed by atoms with E-state index >= 15 is 0 Å².